The molecule has 0 atom stereocenters. The van der Waals surface area contributed by atoms with Crippen LogP contribution in [0.1, 0.15) is 18.1 Å². The highest BCUT2D eigenvalue weighted by Gasteiger charge is 2.20. The fourth-order valence-corrected chi connectivity index (χ4v) is 3.00. The van der Waals surface area contributed by atoms with Crippen molar-refractivity contribution in [2.75, 3.05) is 12.0 Å². The lowest BCUT2D eigenvalue weighted by molar-refractivity contribution is -0.134. The normalized spacial score (nSPS) is 11.3. The van der Waals surface area contributed by atoms with Gasteiger partial charge in [-0.05, 0) is 66.7 Å². The van der Waals surface area contributed by atoms with Gasteiger partial charge >= 0.3 is 5.97 Å². The lowest BCUT2D eigenvalue weighted by Crippen LogP contribution is -2.17. The number of aromatic nitrogens is 4. The summed E-state index contributed by atoms with van der Waals surface area (Å²) in [6.07, 6.45) is 0. The Morgan fingerprint density at radius 3 is 2.64 bits per heavy atom. The second kappa shape index (κ2) is 9.14. The summed E-state index contributed by atoms with van der Waals surface area (Å²) in [4.78, 5) is 12.4. The van der Waals surface area contributed by atoms with Gasteiger partial charge < -0.3 is 4.74 Å². The van der Waals surface area contributed by atoms with Crippen molar-refractivity contribution in [3.05, 3.63) is 59.7 Å². The average molecular weight is 396 g/mol. The van der Waals surface area contributed by atoms with Gasteiger partial charge in [-0.2, -0.15) is 9.78 Å². The number of nitrogens with zero attached hydrogens (tertiary/aromatic N) is 5. The summed E-state index contributed by atoms with van der Waals surface area (Å²) in [7, 11) is 0. The standard InChI is InChI=1S/C19H20N6O2S/c1-4-27-18(26)17(21-20-16-8-6-5-7-14(16)3)28-19-22-23-24-25(19)15-11-9-13(2)10-12-15/h5-12,20H,4H2,1-3H3. The zero-order valence-corrected chi connectivity index (χ0v) is 16.6. The van der Waals surface area contributed by atoms with Gasteiger partial charge in [0, 0.05) is 0 Å². The van der Waals surface area contributed by atoms with Gasteiger partial charge in [-0.1, -0.05) is 35.9 Å². The third kappa shape index (κ3) is 4.74. The largest absolute Gasteiger partial charge is 0.461 e. The van der Waals surface area contributed by atoms with Crippen LogP contribution in [0.2, 0.25) is 0 Å². The molecule has 0 saturated heterocycles. The number of anilines is 1. The topological polar surface area (TPSA) is 94.3 Å². The van der Waals surface area contributed by atoms with Crippen molar-refractivity contribution in [1.29, 1.82) is 0 Å². The highest BCUT2D eigenvalue weighted by atomic mass is 32.2. The average Bonchev–Trinajstić information content (AvgIpc) is 3.15. The molecule has 0 saturated carbocycles. The van der Waals surface area contributed by atoms with Crippen LogP contribution in [0, 0.1) is 13.8 Å². The molecule has 8 nitrogen and oxygen atoms in total. The van der Waals surface area contributed by atoms with Crippen molar-refractivity contribution in [2.45, 2.75) is 25.9 Å². The maximum atomic E-state index is 12.4. The van der Waals surface area contributed by atoms with Crippen LogP contribution in [-0.2, 0) is 9.53 Å². The quantitative estimate of drug-likeness (QED) is 0.232. The van der Waals surface area contributed by atoms with Gasteiger partial charge in [-0.25, -0.2) is 4.79 Å². The Hall–Kier alpha value is -3.20. The van der Waals surface area contributed by atoms with Gasteiger partial charge in [0.15, 0.2) is 0 Å². The Kier molecular flexibility index (Phi) is 6.38. The maximum absolute atomic E-state index is 12.4. The van der Waals surface area contributed by atoms with E-state index in [1.165, 1.54) is 0 Å². The molecular formula is C19H20N6O2S. The zero-order valence-electron chi connectivity index (χ0n) is 15.8. The van der Waals surface area contributed by atoms with E-state index >= 15 is 0 Å². The first kappa shape index (κ1) is 19.6. The number of rotatable bonds is 5. The number of nitrogens with one attached hydrogen (secondary N) is 1. The summed E-state index contributed by atoms with van der Waals surface area (Å²) in [6, 6.07) is 15.4. The molecule has 3 aromatic rings. The Morgan fingerprint density at radius 1 is 1.18 bits per heavy atom. The number of aryl methyl sites for hydroxylation is 2. The Bertz CT molecular complexity index is 984. The van der Waals surface area contributed by atoms with Crippen molar-refractivity contribution < 1.29 is 9.53 Å². The third-order valence-electron chi connectivity index (χ3n) is 3.78. The predicted molar refractivity (Wildman–Crippen MR) is 109 cm³/mol. The molecule has 1 aromatic heterocycles. The maximum Gasteiger partial charge on any atom is 0.365 e. The molecule has 0 aliphatic heterocycles. The molecule has 0 aliphatic carbocycles. The molecule has 1 heterocycles. The van der Waals surface area contributed by atoms with E-state index in [1.54, 1.807) is 11.6 Å². The Balaban J connectivity index is 1.87. The molecule has 9 heteroatoms. The number of esters is 1. The van der Waals surface area contributed by atoms with Crippen LogP contribution in [0.15, 0.2) is 58.8 Å². The van der Waals surface area contributed by atoms with E-state index in [9.17, 15) is 4.79 Å². The Morgan fingerprint density at radius 2 is 1.93 bits per heavy atom. The van der Waals surface area contributed by atoms with Crippen molar-refractivity contribution >= 4 is 28.5 Å². The van der Waals surface area contributed by atoms with E-state index in [0.717, 1.165) is 34.3 Å². The third-order valence-corrected chi connectivity index (χ3v) is 4.67. The number of thioether (sulfide) groups is 1. The van der Waals surface area contributed by atoms with Crippen molar-refractivity contribution in [3.63, 3.8) is 0 Å². The molecule has 0 bridgehead atoms. The van der Waals surface area contributed by atoms with Gasteiger partial charge in [0.2, 0.25) is 10.2 Å². The van der Waals surface area contributed by atoms with Crippen molar-refractivity contribution in [1.82, 2.24) is 20.2 Å². The molecule has 1 N–H and O–H groups in total. The number of tetrazole rings is 1. The number of hydrogen-bond donors (Lipinski definition) is 1. The zero-order chi connectivity index (χ0) is 19.9. The van der Waals surface area contributed by atoms with Gasteiger partial charge in [0.1, 0.15) is 0 Å². The highest BCUT2D eigenvalue weighted by molar-refractivity contribution is 8.15. The number of hydrazone groups is 1. The molecular weight excluding hydrogens is 376 g/mol. The molecule has 0 aliphatic rings. The number of carbonyl (C=O) groups excluding carboxylic acids is 1. The minimum atomic E-state index is -0.549. The van der Waals surface area contributed by atoms with Gasteiger partial charge in [0.25, 0.3) is 0 Å². The molecule has 0 unspecified atom stereocenters. The molecule has 0 amide bonds. The monoisotopic (exact) mass is 396 g/mol. The number of para-hydroxylation sites is 1. The molecule has 144 valence electrons. The summed E-state index contributed by atoms with van der Waals surface area (Å²) >= 11 is 1.03. The van der Waals surface area contributed by atoms with Crippen LogP contribution in [0.5, 0.6) is 0 Å². The highest BCUT2D eigenvalue weighted by Crippen LogP contribution is 2.22. The van der Waals surface area contributed by atoms with Crippen LogP contribution in [-0.4, -0.2) is 37.8 Å². The Labute approximate surface area is 167 Å². The molecule has 0 radical (unpaired) electrons. The number of hydrogen-bond acceptors (Lipinski definition) is 8. The fourth-order valence-electron chi connectivity index (χ4n) is 2.29. The van der Waals surface area contributed by atoms with E-state index in [-0.39, 0.29) is 11.7 Å². The van der Waals surface area contributed by atoms with Crippen molar-refractivity contribution in [3.8, 4) is 5.69 Å². The summed E-state index contributed by atoms with van der Waals surface area (Å²) in [5, 5.41) is 16.5. The van der Waals surface area contributed by atoms with Crippen LogP contribution in [0.25, 0.3) is 5.69 Å². The van der Waals surface area contributed by atoms with E-state index in [0.29, 0.717) is 5.16 Å². The van der Waals surface area contributed by atoms with E-state index in [4.69, 9.17) is 4.74 Å². The van der Waals surface area contributed by atoms with Crippen LogP contribution in [0.4, 0.5) is 5.69 Å². The minimum Gasteiger partial charge on any atom is -0.461 e. The lowest BCUT2D eigenvalue weighted by atomic mass is 10.2. The summed E-state index contributed by atoms with van der Waals surface area (Å²) < 4.78 is 6.67. The smallest absolute Gasteiger partial charge is 0.365 e. The second-order valence-electron chi connectivity index (χ2n) is 5.88. The van der Waals surface area contributed by atoms with Crippen LogP contribution >= 0.6 is 11.8 Å². The minimum absolute atomic E-state index is 0.105. The van der Waals surface area contributed by atoms with Gasteiger partial charge in [0.05, 0.1) is 18.0 Å². The molecule has 0 fully saturated rings. The van der Waals surface area contributed by atoms with Crippen LogP contribution < -0.4 is 5.43 Å². The predicted octanol–water partition coefficient (Wildman–Crippen LogP) is 3.36. The van der Waals surface area contributed by atoms with Crippen LogP contribution in [0.3, 0.4) is 0 Å². The molecule has 3 rings (SSSR count). The number of ether oxygens (including phenoxy) is 1. The summed E-state index contributed by atoms with van der Waals surface area (Å²) in [5.41, 5.74) is 6.63. The molecule has 2 aromatic carbocycles. The first-order chi connectivity index (χ1) is 13.6. The SMILES string of the molecule is CCOC(=O)C(=NNc1ccccc1C)Sc1nnnn1-c1ccc(C)cc1. The van der Waals surface area contributed by atoms with Gasteiger partial charge in [-0.15, -0.1) is 5.10 Å². The second-order valence-corrected chi connectivity index (χ2v) is 6.83. The fraction of sp³-hybridized carbons (Fsp3) is 0.211. The number of benzene rings is 2. The molecule has 0 spiro atoms. The van der Waals surface area contributed by atoms with E-state index in [1.807, 2.05) is 62.4 Å². The lowest BCUT2D eigenvalue weighted by Gasteiger charge is -2.08. The van der Waals surface area contributed by atoms with E-state index in [2.05, 4.69) is 26.1 Å². The first-order valence-electron chi connectivity index (χ1n) is 8.68. The van der Waals surface area contributed by atoms with Gasteiger partial charge in [-0.3, -0.25) is 5.43 Å². The molecule has 28 heavy (non-hydrogen) atoms. The van der Waals surface area contributed by atoms with E-state index < -0.39 is 5.97 Å². The number of carbonyl (C=O) groups is 1. The van der Waals surface area contributed by atoms with Crippen molar-refractivity contribution in [2.24, 2.45) is 5.10 Å². The first-order valence-corrected chi connectivity index (χ1v) is 9.50. The summed E-state index contributed by atoms with van der Waals surface area (Å²) in [5.74, 6) is -0.549. The summed E-state index contributed by atoms with van der Waals surface area (Å²) in [6.45, 7) is 5.94.